The summed E-state index contributed by atoms with van der Waals surface area (Å²) < 4.78 is 0. The number of hydrogen-bond acceptors (Lipinski definition) is 5. The number of rotatable bonds is 9. The van der Waals surface area contributed by atoms with Gasteiger partial charge in [0.15, 0.2) is 5.16 Å². The van der Waals surface area contributed by atoms with Crippen molar-refractivity contribution < 1.29 is 4.79 Å². The van der Waals surface area contributed by atoms with Gasteiger partial charge in [0.1, 0.15) is 0 Å². The third kappa shape index (κ3) is 5.32. The Morgan fingerprint density at radius 3 is 2.74 bits per heavy atom. The van der Waals surface area contributed by atoms with Gasteiger partial charge in [0.05, 0.1) is 17.1 Å². The van der Waals surface area contributed by atoms with Crippen LogP contribution in [0.3, 0.4) is 0 Å². The zero-order valence-corrected chi connectivity index (χ0v) is 16.0. The first-order valence-corrected chi connectivity index (χ1v) is 10.1. The molecule has 0 radical (unpaired) electrons. The van der Waals surface area contributed by atoms with E-state index in [1.807, 2.05) is 48.5 Å². The molecule has 3 aromatic rings. The lowest BCUT2D eigenvalue weighted by Crippen LogP contribution is -2.35. The Morgan fingerprint density at radius 2 is 1.93 bits per heavy atom. The van der Waals surface area contributed by atoms with Crippen LogP contribution in [0.15, 0.2) is 53.7 Å². The van der Waals surface area contributed by atoms with Gasteiger partial charge in [-0.2, -0.15) is 0 Å². The van der Waals surface area contributed by atoms with Crippen LogP contribution in [0.25, 0.3) is 11.0 Å². The highest BCUT2D eigenvalue weighted by molar-refractivity contribution is 7.98. The summed E-state index contributed by atoms with van der Waals surface area (Å²) in [5.41, 5.74) is 15.3. The first kappa shape index (κ1) is 19.4. The van der Waals surface area contributed by atoms with Gasteiger partial charge in [0.25, 0.3) is 0 Å². The second-order valence-corrected chi connectivity index (χ2v) is 7.35. The van der Waals surface area contributed by atoms with Crippen LogP contribution in [0, 0.1) is 0 Å². The Balaban J connectivity index is 1.62. The van der Waals surface area contributed by atoms with E-state index in [1.54, 1.807) is 11.8 Å². The Kier molecular flexibility index (Phi) is 6.86. The van der Waals surface area contributed by atoms with E-state index in [-0.39, 0.29) is 5.91 Å². The van der Waals surface area contributed by atoms with Crippen LogP contribution in [0.2, 0.25) is 0 Å². The summed E-state index contributed by atoms with van der Waals surface area (Å²) in [4.78, 5) is 20.2. The highest BCUT2D eigenvalue weighted by atomic mass is 32.2. The molecule has 0 bridgehead atoms. The molecule has 6 nitrogen and oxygen atoms in total. The second kappa shape index (κ2) is 9.55. The predicted octanol–water partition coefficient (Wildman–Crippen LogP) is 3.25. The summed E-state index contributed by atoms with van der Waals surface area (Å²) in [6.45, 7) is 0.621. The van der Waals surface area contributed by atoms with E-state index in [0.717, 1.165) is 40.3 Å². The van der Waals surface area contributed by atoms with Crippen molar-refractivity contribution >= 4 is 34.4 Å². The van der Waals surface area contributed by atoms with Gasteiger partial charge >= 0.3 is 0 Å². The summed E-state index contributed by atoms with van der Waals surface area (Å²) in [6.07, 6.45) is 2.37. The first-order chi connectivity index (χ1) is 13.2. The fraction of sp³-hybridized carbons (Fsp3) is 0.300. The average Bonchev–Trinajstić information content (AvgIpc) is 3.10. The molecule has 0 unspecified atom stereocenters. The number of thioether (sulfide) groups is 1. The van der Waals surface area contributed by atoms with Crippen molar-refractivity contribution in [1.82, 2.24) is 9.97 Å². The molecule has 0 fully saturated rings. The molecule has 0 aliphatic rings. The number of H-pyrrole nitrogens is 1. The van der Waals surface area contributed by atoms with E-state index in [9.17, 15) is 4.79 Å². The average molecular weight is 384 g/mol. The van der Waals surface area contributed by atoms with E-state index in [0.29, 0.717) is 18.7 Å². The number of fused-ring (bicyclic) bond motifs is 1. The van der Waals surface area contributed by atoms with Crippen molar-refractivity contribution in [2.75, 3.05) is 11.9 Å². The van der Waals surface area contributed by atoms with Gasteiger partial charge in [-0.05, 0) is 43.1 Å². The minimum atomic E-state index is -0.521. The molecule has 1 aromatic heterocycles. The molecule has 1 amide bonds. The van der Waals surface area contributed by atoms with Crippen molar-refractivity contribution in [3.8, 4) is 0 Å². The van der Waals surface area contributed by atoms with E-state index in [2.05, 4.69) is 15.3 Å². The maximum Gasteiger partial charge on any atom is 0.241 e. The van der Waals surface area contributed by atoms with Crippen LogP contribution < -0.4 is 16.8 Å². The molecule has 0 aliphatic carbocycles. The summed E-state index contributed by atoms with van der Waals surface area (Å²) in [7, 11) is 0. The number of anilines is 1. The molecule has 1 atom stereocenters. The van der Waals surface area contributed by atoms with Crippen LogP contribution in [0.4, 0.5) is 5.69 Å². The maximum atomic E-state index is 12.4. The quantitative estimate of drug-likeness (QED) is 0.335. The summed E-state index contributed by atoms with van der Waals surface area (Å²) in [6, 6.07) is 15.2. The number of nitrogens with two attached hydrogens (primary N) is 2. The third-order valence-corrected chi connectivity index (χ3v) is 5.24. The number of nitrogens with zero attached hydrogens (tertiary/aromatic N) is 1. The smallest absolute Gasteiger partial charge is 0.241 e. The molecular weight excluding hydrogens is 358 g/mol. The Hall–Kier alpha value is -2.35. The largest absolute Gasteiger partial charge is 0.333 e. The van der Waals surface area contributed by atoms with E-state index in [4.69, 9.17) is 11.5 Å². The summed E-state index contributed by atoms with van der Waals surface area (Å²) >= 11 is 1.60. The summed E-state index contributed by atoms with van der Waals surface area (Å²) in [5.74, 6) is 0.534. The second-order valence-electron chi connectivity index (χ2n) is 6.39. The molecule has 0 spiro atoms. The fourth-order valence-electron chi connectivity index (χ4n) is 2.78. The van der Waals surface area contributed by atoms with Gasteiger partial charge in [-0.3, -0.25) is 4.79 Å². The molecule has 0 saturated heterocycles. The molecule has 0 aliphatic heterocycles. The summed E-state index contributed by atoms with van der Waals surface area (Å²) in [5, 5.41) is 3.82. The number of para-hydroxylation sites is 3. The van der Waals surface area contributed by atoms with E-state index in [1.165, 1.54) is 0 Å². The lowest BCUT2D eigenvalue weighted by atomic mass is 10.1. The topological polar surface area (TPSA) is 110 Å². The van der Waals surface area contributed by atoms with Gasteiger partial charge in [0.2, 0.25) is 5.91 Å². The number of imidazole rings is 1. The van der Waals surface area contributed by atoms with Crippen LogP contribution in [0.1, 0.15) is 24.8 Å². The standard InChI is InChI=1S/C20H25N5OS/c21-12-6-5-8-15(22)19(26)23-16-9-2-1-7-14(16)13-27-20-24-17-10-3-4-11-18(17)25-20/h1-4,7,9-11,15H,5-6,8,12-13,21-22H2,(H,23,26)(H,24,25)/t15-/m0/s1. The lowest BCUT2D eigenvalue weighted by Gasteiger charge is -2.14. The zero-order chi connectivity index (χ0) is 19.1. The van der Waals surface area contributed by atoms with Crippen molar-refractivity contribution in [2.24, 2.45) is 11.5 Å². The molecule has 0 saturated carbocycles. The minimum absolute atomic E-state index is 0.159. The van der Waals surface area contributed by atoms with E-state index >= 15 is 0 Å². The normalized spacial score (nSPS) is 12.2. The van der Waals surface area contributed by atoms with Crippen molar-refractivity contribution in [3.05, 3.63) is 54.1 Å². The molecule has 27 heavy (non-hydrogen) atoms. The highest BCUT2D eigenvalue weighted by Gasteiger charge is 2.15. The number of unbranched alkanes of at least 4 members (excludes halogenated alkanes) is 1. The Labute approximate surface area is 163 Å². The maximum absolute atomic E-state index is 12.4. The molecule has 2 aromatic carbocycles. The molecular formula is C20H25N5OS. The van der Waals surface area contributed by atoms with E-state index < -0.39 is 6.04 Å². The van der Waals surface area contributed by atoms with Gasteiger partial charge in [-0.1, -0.05) is 48.5 Å². The van der Waals surface area contributed by atoms with Crippen LogP contribution >= 0.6 is 11.8 Å². The number of nitrogens with one attached hydrogen (secondary N) is 2. The van der Waals surface area contributed by atoms with Gasteiger partial charge < -0.3 is 21.8 Å². The van der Waals surface area contributed by atoms with Gasteiger partial charge in [-0.25, -0.2) is 4.98 Å². The number of benzene rings is 2. The zero-order valence-electron chi connectivity index (χ0n) is 15.2. The number of carbonyl (C=O) groups is 1. The van der Waals surface area contributed by atoms with Crippen molar-refractivity contribution in [2.45, 2.75) is 36.2 Å². The molecule has 3 rings (SSSR count). The number of hydrogen-bond donors (Lipinski definition) is 4. The monoisotopic (exact) mass is 383 g/mol. The SMILES string of the molecule is NCCCC[C@H](N)C(=O)Nc1ccccc1CSc1nc2ccccc2[nH]1. The minimum Gasteiger partial charge on any atom is -0.333 e. The molecule has 142 valence electrons. The Morgan fingerprint density at radius 1 is 1.15 bits per heavy atom. The lowest BCUT2D eigenvalue weighted by molar-refractivity contribution is -0.117. The fourth-order valence-corrected chi connectivity index (χ4v) is 3.67. The van der Waals surface area contributed by atoms with Crippen LogP contribution in [-0.2, 0) is 10.5 Å². The first-order valence-electron chi connectivity index (χ1n) is 9.09. The number of aromatic amines is 1. The molecule has 7 heteroatoms. The number of aromatic nitrogens is 2. The number of carbonyl (C=O) groups excluding carboxylic acids is 1. The highest BCUT2D eigenvalue weighted by Crippen LogP contribution is 2.26. The van der Waals surface area contributed by atoms with Crippen molar-refractivity contribution in [3.63, 3.8) is 0 Å². The Bertz CT molecular complexity index is 862. The van der Waals surface area contributed by atoms with Gasteiger partial charge in [0, 0.05) is 11.4 Å². The molecule has 1 heterocycles. The van der Waals surface area contributed by atoms with Gasteiger partial charge in [-0.15, -0.1) is 0 Å². The van der Waals surface area contributed by atoms with Crippen LogP contribution in [0.5, 0.6) is 0 Å². The van der Waals surface area contributed by atoms with Crippen LogP contribution in [-0.4, -0.2) is 28.5 Å². The third-order valence-electron chi connectivity index (χ3n) is 4.31. The molecule has 6 N–H and O–H groups in total. The predicted molar refractivity (Wildman–Crippen MR) is 112 cm³/mol. The number of amides is 1. The van der Waals surface area contributed by atoms with Crippen molar-refractivity contribution in [1.29, 1.82) is 0 Å².